The molecular weight excluding hydrogens is 348 g/mol. The molecule has 0 saturated heterocycles. The lowest BCUT2D eigenvalue weighted by atomic mass is 10.1. The van der Waals surface area contributed by atoms with E-state index >= 15 is 0 Å². The summed E-state index contributed by atoms with van der Waals surface area (Å²) in [6.07, 6.45) is 0. The van der Waals surface area contributed by atoms with Crippen LogP contribution in [0.1, 0.15) is 5.56 Å². The summed E-state index contributed by atoms with van der Waals surface area (Å²) in [7, 11) is 6.28. The molecule has 2 N–H and O–H groups in total. The summed E-state index contributed by atoms with van der Waals surface area (Å²) in [5.41, 5.74) is 1.96. The van der Waals surface area contributed by atoms with Crippen molar-refractivity contribution in [2.75, 3.05) is 33.8 Å². The van der Waals surface area contributed by atoms with Gasteiger partial charge in [0.1, 0.15) is 5.75 Å². The molecule has 0 bridgehead atoms. The lowest BCUT2D eigenvalue weighted by Crippen LogP contribution is -2.15. The number of nitrogens with one attached hydrogen (secondary N) is 2. The van der Waals surface area contributed by atoms with Gasteiger partial charge in [0.25, 0.3) is 5.56 Å². The van der Waals surface area contributed by atoms with E-state index in [9.17, 15) is 4.79 Å². The predicted molar refractivity (Wildman–Crippen MR) is 105 cm³/mol. The Morgan fingerprint density at radius 2 is 1.59 bits per heavy atom. The molecule has 0 fully saturated rings. The zero-order chi connectivity index (χ0) is 19.4. The van der Waals surface area contributed by atoms with Crippen molar-refractivity contribution in [1.82, 2.24) is 4.98 Å². The number of anilines is 1. The summed E-state index contributed by atoms with van der Waals surface area (Å²) in [6, 6.07) is 11.0. The first kappa shape index (κ1) is 18.4. The minimum atomic E-state index is -0.146. The van der Waals surface area contributed by atoms with Crippen molar-refractivity contribution in [1.29, 1.82) is 0 Å². The van der Waals surface area contributed by atoms with Crippen molar-refractivity contribution < 1.29 is 18.9 Å². The smallest absolute Gasteiger partial charge is 0.253 e. The Morgan fingerprint density at radius 1 is 0.889 bits per heavy atom. The molecule has 0 atom stereocenters. The first-order chi connectivity index (χ1) is 13.1. The Bertz CT molecular complexity index is 988. The summed E-state index contributed by atoms with van der Waals surface area (Å²) >= 11 is 0. The summed E-state index contributed by atoms with van der Waals surface area (Å²) < 4.78 is 21.3. The number of pyridine rings is 1. The number of hydrogen-bond acceptors (Lipinski definition) is 6. The van der Waals surface area contributed by atoms with Crippen LogP contribution in [0.15, 0.2) is 41.2 Å². The van der Waals surface area contributed by atoms with E-state index in [0.717, 1.165) is 22.3 Å². The lowest BCUT2D eigenvalue weighted by Gasteiger charge is -2.15. The Morgan fingerprint density at radius 3 is 2.19 bits per heavy atom. The van der Waals surface area contributed by atoms with E-state index < -0.39 is 0 Å². The number of H-pyrrole nitrogens is 1. The number of benzene rings is 2. The van der Waals surface area contributed by atoms with Crippen LogP contribution in [0.3, 0.4) is 0 Å². The molecule has 0 aliphatic heterocycles. The lowest BCUT2D eigenvalue weighted by molar-refractivity contribution is 0.324. The fraction of sp³-hybridized carbons (Fsp3) is 0.250. The number of methoxy groups -OCH3 is 4. The highest BCUT2D eigenvalue weighted by Crippen LogP contribution is 2.40. The van der Waals surface area contributed by atoms with Crippen LogP contribution in [0.4, 0.5) is 5.69 Å². The highest BCUT2D eigenvalue weighted by Gasteiger charge is 2.13. The molecule has 0 unspecified atom stereocenters. The van der Waals surface area contributed by atoms with Crippen molar-refractivity contribution in [2.24, 2.45) is 0 Å². The van der Waals surface area contributed by atoms with Gasteiger partial charge >= 0.3 is 0 Å². The minimum Gasteiger partial charge on any atom is -0.497 e. The van der Waals surface area contributed by atoms with Gasteiger partial charge in [-0.1, -0.05) is 0 Å². The molecule has 0 aliphatic rings. The molecule has 1 heterocycles. The first-order valence-electron chi connectivity index (χ1n) is 8.33. The van der Waals surface area contributed by atoms with E-state index in [2.05, 4.69) is 10.3 Å². The van der Waals surface area contributed by atoms with Crippen LogP contribution in [0.5, 0.6) is 23.0 Å². The van der Waals surface area contributed by atoms with Gasteiger partial charge in [-0.25, -0.2) is 0 Å². The molecular formula is C20H22N2O5. The average molecular weight is 370 g/mol. The van der Waals surface area contributed by atoms with Crippen LogP contribution < -0.4 is 29.8 Å². The molecule has 7 heteroatoms. The van der Waals surface area contributed by atoms with Crippen molar-refractivity contribution >= 4 is 16.6 Å². The first-order valence-corrected chi connectivity index (χ1v) is 8.33. The summed E-state index contributed by atoms with van der Waals surface area (Å²) in [5, 5.41) is 4.13. The van der Waals surface area contributed by atoms with Crippen molar-refractivity contribution in [3.63, 3.8) is 0 Å². The van der Waals surface area contributed by atoms with Gasteiger partial charge < -0.3 is 29.2 Å². The van der Waals surface area contributed by atoms with Crippen LogP contribution in [0.2, 0.25) is 0 Å². The molecule has 27 heavy (non-hydrogen) atoms. The summed E-state index contributed by atoms with van der Waals surface area (Å²) in [6.45, 7) is 0.334. The van der Waals surface area contributed by atoms with Crippen LogP contribution in [0, 0.1) is 0 Å². The maximum absolute atomic E-state index is 12.4. The highest BCUT2D eigenvalue weighted by molar-refractivity contribution is 5.80. The minimum absolute atomic E-state index is 0.146. The molecule has 1 aromatic heterocycles. The van der Waals surface area contributed by atoms with Gasteiger partial charge in [0.2, 0.25) is 5.75 Å². The molecule has 7 nitrogen and oxygen atoms in total. The van der Waals surface area contributed by atoms with E-state index in [1.807, 2.05) is 24.3 Å². The van der Waals surface area contributed by atoms with Crippen molar-refractivity contribution in [2.45, 2.75) is 6.54 Å². The van der Waals surface area contributed by atoms with E-state index in [0.29, 0.717) is 29.4 Å². The number of ether oxygens (including phenoxy) is 4. The van der Waals surface area contributed by atoms with E-state index in [1.54, 1.807) is 40.6 Å². The maximum atomic E-state index is 12.4. The van der Waals surface area contributed by atoms with Gasteiger partial charge in [0.15, 0.2) is 11.5 Å². The average Bonchev–Trinajstić information content (AvgIpc) is 2.70. The second kappa shape index (κ2) is 7.90. The fourth-order valence-corrected chi connectivity index (χ4v) is 2.87. The number of aromatic amines is 1. The van der Waals surface area contributed by atoms with Crippen molar-refractivity contribution in [3.8, 4) is 23.0 Å². The Labute approximate surface area is 156 Å². The van der Waals surface area contributed by atoms with Crippen LogP contribution in [0.25, 0.3) is 10.9 Å². The Hall–Kier alpha value is -3.35. The number of fused-ring (bicyclic) bond motifs is 1. The molecule has 0 saturated carbocycles. The molecule has 2 aromatic carbocycles. The van der Waals surface area contributed by atoms with Crippen LogP contribution in [-0.4, -0.2) is 33.4 Å². The topological polar surface area (TPSA) is 81.8 Å². The molecule has 0 amide bonds. The Kier molecular flexibility index (Phi) is 5.40. The van der Waals surface area contributed by atoms with E-state index in [4.69, 9.17) is 18.9 Å². The molecule has 3 aromatic rings. The molecule has 0 aliphatic carbocycles. The quantitative estimate of drug-likeness (QED) is 0.665. The van der Waals surface area contributed by atoms with Crippen molar-refractivity contribution in [3.05, 3.63) is 52.3 Å². The largest absolute Gasteiger partial charge is 0.497 e. The van der Waals surface area contributed by atoms with Gasteiger partial charge in [0, 0.05) is 40.8 Å². The maximum Gasteiger partial charge on any atom is 0.253 e. The SMILES string of the molecule is COc1ccc2[nH]c(=O)c(CNc3cc(OC)c(OC)c(OC)c3)cc2c1. The van der Waals surface area contributed by atoms with E-state index in [-0.39, 0.29) is 5.56 Å². The number of rotatable bonds is 7. The van der Waals surface area contributed by atoms with E-state index in [1.165, 1.54) is 0 Å². The third kappa shape index (κ3) is 3.76. The Balaban J connectivity index is 1.90. The monoisotopic (exact) mass is 370 g/mol. The molecule has 0 radical (unpaired) electrons. The molecule has 0 spiro atoms. The number of aromatic nitrogens is 1. The predicted octanol–water partition coefficient (Wildman–Crippen LogP) is 3.17. The number of hydrogen-bond donors (Lipinski definition) is 2. The summed E-state index contributed by atoms with van der Waals surface area (Å²) in [4.78, 5) is 15.2. The van der Waals surface area contributed by atoms with Gasteiger partial charge in [-0.05, 0) is 24.3 Å². The third-order valence-electron chi connectivity index (χ3n) is 4.28. The van der Waals surface area contributed by atoms with Gasteiger partial charge in [-0.15, -0.1) is 0 Å². The van der Waals surface area contributed by atoms with Gasteiger partial charge in [-0.2, -0.15) is 0 Å². The van der Waals surface area contributed by atoms with Gasteiger partial charge in [-0.3, -0.25) is 4.79 Å². The molecule has 142 valence electrons. The van der Waals surface area contributed by atoms with Crippen LogP contribution >= 0.6 is 0 Å². The second-order valence-electron chi connectivity index (χ2n) is 5.84. The standard InChI is InChI=1S/C20H22N2O5/c1-24-15-5-6-16-12(8-15)7-13(20(23)22-16)11-21-14-9-17(25-2)19(27-4)18(10-14)26-3/h5-10,21H,11H2,1-4H3,(H,22,23). The van der Waals surface area contributed by atoms with Crippen LogP contribution in [-0.2, 0) is 6.54 Å². The zero-order valence-electron chi connectivity index (χ0n) is 15.7. The third-order valence-corrected chi connectivity index (χ3v) is 4.28. The fourth-order valence-electron chi connectivity index (χ4n) is 2.87. The zero-order valence-corrected chi connectivity index (χ0v) is 15.7. The normalized spacial score (nSPS) is 10.5. The van der Waals surface area contributed by atoms with Gasteiger partial charge in [0.05, 0.1) is 28.4 Å². The summed E-state index contributed by atoms with van der Waals surface area (Å²) in [5.74, 6) is 2.33. The second-order valence-corrected chi connectivity index (χ2v) is 5.84. The molecule has 3 rings (SSSR count). The highest BCUT2D eigenvalue weighted by atomic mass is 16.5.